The normalized spacial score (nSPS) is 11.5. The SMILES string of the molecule is CCc1nnc(CS(=O)(=O)c2ccc(C)c(C(=O)O)c2)o1. The second kappa shape index (κ2) is 5.65. The molecule has 0 saturated heterocycles. The predicted molar refractivity (Wildman–Crippen MR) is 72.7 cm³/mol. The van der Waals surface area contributed by atoms with Gasteiger partial charge in [0.05, 0.1) is 10.5 Å². The molecule has 8 heteroatoms. The third kappa shape index (κ3) is 3.27. The van der Waals surface area contributed by atoms with Crippen LogP contribution in [0.1, 0.15) is 34.6 Å². The lowest BCUT2D eigenvalue weighted by molar-refractivity contribution is 0.0696. The van der Waals surface area contributed by atoms with Crippen molar-refractivity contribution >= 4 is 15.8 Å². The molecule has 0 aliphatic carbocycles. The van der Waals surface area contributed by atoms with Crippen LogP contribution in [0, 0.1) is 6.92 Å². The van der Waals surface area contributed by atoms with Gasteiger partial charge in [0.2, 0.25) is 11.8 Å². The number of hydrogen-bond donors (Lipinski definition) is 1. The fourth-order valence-electron chi connectivity index (χ4n) is 1.76. The zero-order valence-electron chi connectivity index (χ0n) is 11.5. The number of carboxylic acid groups (broad SMARTS) is 1. The quantitative estimate of drug-likeness (QED) is 0.893. The molecule has 0 saturated carbocycles. The first-order valence-corrected chi connectivity index (χ1v) is 7.86. The van der Waals surface area contributed by atoms with Gasteiger partial charge in [-0.3, -0.25) is 0 Å². The van der Waals surface area contributed by atoms with Gasteiger partial charge in [0.15, 0.2) is 9.84 Å². The number of benzene rings is 1. The number of nitrogens with zero attached hydrogens (tertiary/aromatic N) is 2. The molecular formula is C13H14N2O5S. The van der Waals surface area contributed by atoms with E-state index in [9.17, 15) is 13.2 Å². The van der Waals surface area contributed by atoms with Crippen LogP contribution in [0.2, 0.25) is 0 Å². The van der Waals surface area contributed by atoms with E-state index < -0.39 is 21.6 Å². The fourth-order valence-corrected chi connectivity index (χ4v) is 2.94. The molecule has 112 valence electrons. The molecule has 2 aromatic rings. The van der Waals surface area contributed by atoms with E-state index in [2.05, 4.69) is 10.2 Å². The predicted octanol–water partition coefficient (Wildman–Crippen LogP) is 1.61. The van der Waals surface area contributed by atoms with Crippen molar-refractivity contribution in [1.82, 2.24) is 10.2 Å². The highest BCUT2D eigenvalue weighted by atomic mass is 32.2. The van der Waals surface area contributed by atoms with E-state index in [-0.39, 0.29) is 16.3 Å². The third-order valence-corrected chi connectivity index (χ3v) is 4.52. The Morgan fingerprint density at radius 1 is 1.29 bits per heavy atom. The zero-order valence-corrected chi connectivity index (χ0v) is 12.3. The molecule has 1 heterocycles. The van der Waals surface area contributed by atoms with Gasteiger partial charge in [-0.2, -0.15) is 0 Å². The van der Waals surface area contributed by atoms with E-state index in [4.69, 9.17) is 9.52 Å². The minimum atomic E-state index is -3.74. The molecule has 0 atom stereocenters. The fraction of sp³-hybridized carbons (Fsp3) is 0.308. The molecule has 0 spiro atoms. The molecular weight excluding hydrogens is 296 g/mol. The molecule has 0 bridgehead atoms. The summed E-state index contributed by atoms with van der Waals surface area (Å²) in [5, 5.41) is 16.4. The Hall–Kier alpha value is -2.22. The number of carboxylic acids is 1. The highest BCUT2D eigenvalue weighted by Crippen LogP contribution is 2.20. The maximum Gasteiger partial charge on any atom is 0.335 e. The van der Waals surface area contributed by atoms with Crippen molar-refractivity contribution in [2.24, 2.45) is 0 Å². The van der Waals surface area contributed by atoms with E-state index in [1.807, 2.05) is 6.92 Å². The van der Waals surface area contributed by atoms with Gasteiger partial charge in [-0.1, -0.05) is 13.0 Å². The van der Waals surface area contributed by atoms with E-state index in [1.54, 1.807) is 6.92 Å². The largest absolute Gasteiger partial charge is 0.478 e. The first-order chi connectivity index (χ1) is 9.83. The number of sulfone groups is 1. The van der Waals surface area contributed by atoms with Crippen LogP contribution in [0.3, 0.4) is 0 Å². The van der Waals surface area contributed by atoms with E-state index >= 15 is 0 Å². The van der Waals surface area contributed by atoms with Gasteiger partial charge >= 0.3 is 5.97 Å². The summed E-state index contributed by atoms with van der Waals surface area (Å²) < 4.78 is 29.7. The molecule has 1 aromatic carbocycles. The molecule has 0 aliphatic heterocycles. The number of aromatic carboxylic acids is 1. The Bertz CT molecular complexity index is 780. The standard InChI is InChI=1S/C13H14N2O5S/c1-3-11-14-15-12(20-11)7-21(18,19)9-5-4-8(2)10(6-9)13(16)17/h4-6H,3,7H2,1-2H3,(H,16,17). The van der Waals surface area contributed by atoms with E-state index in [0.29, 0.717) is 17.9 Å². The number of rotatable bonds is 5. The molecule has 2 rings (SSSR count). The third-order valence-electron chi connectivity index (χ3n) is 2.92. The molecule has 21 heavy (non-hydrogen) atoms. The lowest BCUT2D eigenvalue weighted by atomic mass is 10.1. The maximum atomic E-state index is 12.3. The molecule has 1 N–H and O–H groups in total. The summed E-state index contributed by atoms with van der Waals surface area (Å²) in [5.74, 6) is -1.28. The van der Waals surface area contributed by atoms with E-state index in [0.717, 1.165) is 6.07 Å². The molecule has 0 fully saturated rings. The Morgan fingerprint density at radius 3 is 2.52 bits per heavy atom. The smallest absolute Gasteiger partial charge is 0.335 e. The van der Waals surface area contributed by atoms with Gasteiger partial charge in [0.1, 0.15) is 5.75 Å². The van der Waals surface area contributed by atoms with Crippen molar-refractivity contribution in [3.63, 3.8) is 0 Å². The Balaban J connectivity index is 2.35. The summed E-state index contributed by atoms with van der Waals surface area (Å²) in [7, 11) is -3.74. The molecule has 0 aliphatic rings. The monoisotopic (exact) mass is 310 g/mol. The van der Waals surface area contributed by atoms with Crippen LogP contribution in [0.4, 0.5) is 0 Å². The lowest BCUT2D eigenvalue weighted by Crippen LogP contribution is -2.08. The van der Waals surface area contributed by atoms with Gasteiger partial charge < -0.3 is 9.52 Å². The molecule has 0 radical (unpaired) electrons. The summed E-state index contributed by atoms with van der Waals surface area (Å²) in [4.78, 5) is 11.0. The highest BCUT2D eigenvalue weighted by Gasteiger charge is 2.21. The van der Waals surface area contributed by atoms with Gasteiger partial charge in [0, 0.05) is 6.42 Å². The summed E-state index contributed by atoms with van der Waals surface area (Å²) in [6, 6.07) is 3.97. The second-order valence-electron chi connectivity index (χ2n) is 4.48. The molecule has 0 amide bonds. The van der Waals surface area contributed by atoms with Gasteiger partial charge in [-0.15, -0.1) is 10.2 Å². The average molecular weight is 310 g/mol. The van der Waals surface area contributed by atoms with Gasteiger partial charge in [-0.05, 0) is 24.6 Å². The van der Waals surface area contributed by atoms with Crippen LogP contribution in [-0.4, -0.2) is 29.7 Å². The van der Waals surface area contributed by atoms with Crippen molar-refractivity contribution in [2.75, 3.05) is 0 Å². The number of aryl methyl sites for hydroxylation is 2. The van der Waals surface area contributed by atoms with Crippen molar-refractivity contribution < 1.29 is 22.7 Å². The molecule has 0 unspecified atom stereocenters. The Morgan fingerprint density at radius 2 is 1.95 bits per heavy atom. The Kier molecular flexibility index (Phi) is 4.08. The lowest BCUT2D eigenvalue weighted by Gasteiger charge is -2.05. The molecule has 1 aromatic heterocycles. The van der Waals surface area contributed by atoms with Crippen molar-refractivity contribution in [2.45, 2.75) is 30.9 Å². The van der Waals surface area contributed by atoms with Crippen LogP contribution >= 0.6 is 0 Å². The highest BCUT2D eigenvalue weighted by molar-refractivity contribution is 7.90. The summed E-state index contributed by atoms with van der Waals surface area (Å²) in [6.45, 7) is 3.41. The minimum absolute atomic E-state index is 0.00991. The van der Waals surface area contributed by atoms with Crippen LogP contribution < -0.4 is 0 Å². The van der Waals surface area contributed by atoms with Crippen LogP contribution in [0.15, 0.2) is 27.5 Å². The number of hydrogen-bond acceptors (Lipinski definition) is 6. The first kappa shape index (κ1) is 15.2. The number of aromatic nitrogens is 2. The van der Waals surface area contributed by atoms with Gasteiger partial charge in [-0.25, -0.2) is 13.2 Å². The van der Waals surface area contributed by atoms with Crippen LogP contribution in [0.25, 0.3) is 0 Å². The summed E-state index contributed by atoms with van der Waals surface area (Å²) in [6.07, 6.45) is 0.515. The summed E-state index contributed by atoms with van der Waals surface area (Å²) in [5.41, 5.74) is 0.448. The number of carbonyl (C=O) groups is 1. The van der Waals surface area contributed by atoms with Crippen molar-refractivity contribution in [3.05, 3.63) is 41.1 Å². The van der Waals surface area contributed by atoms with Gasteiger partial charge in [0.25, 0.3) is 0 Å². The maximum absolute atomic E-state index is 12.3. The Labute approximate surface area is 121 Å². The zero-order chi connectivity index (χ0) is 15.6. The van der Waals surface area contributed by atoms with E-state index in [1.165, 1.54) is 12.1 Å². The minimum Gasteiger partial charge on any atom is -0.478 e. The van der Waals surface area contributed by atoms with Crippen LogP contribution in [-0.2, 0) is 22.0 Å². The topological polar surface area (TPSA) is 110 Å². The second-order valence-corrected chi connectivity index (χ2v) is 6.47. The van der Waals surface area contributed by atoms with Crippen molar-refractivity contribution in [1.29, 1.82) is 0 Å². The summed E-state index contributed by atoms with van der Waals surface area (Å²) >= 11 is 0. The van der Waals surface area contributed by atoms with Crippen LogP contribution in [0.5, 0.6) is 0 Å². The average Bonchev–Trinajstić information content (AvgIpc) is 2.85. The molecule has 7 nitrogen and oxygen atoms in total. The van der Waals surface area contributed by atoms with Crippen molar-refractivity contribution in [3.8, 4) is 0 Å². The first-order valence-electron chi connectivity index (χ1n) is 6.21.